The molecule has 1 rings (SSSR count). The van der Waals surface area contributed by atoms with Crippen LogP contribution in [-0.2, 0) is 4.74 Å². The monoisotopic (exact) mass is 337 g/mol. The van der Waals surface area contributed by atoms with E-state index >= 15 is 0 Å². The molecule has 0 radical (unpaired) electrons. The van der Waals surface area contributed by atoms with Crippen molar-refractivity contribution in [2.24, 2.45) is 5.41 Å². The molecule has 0 heterocycles. The molecular formula is C15H22Cl3NO. The predicted octanol–water partition coefficient (Wildman–Crippen LogP) is 5.36. The zero-order chi connectivity index (χ0) is 15.3. The second-order valence-electron chi connectivity index (χ2n) is 5.77. The first-order chi connectivity index (χ1) is 9.28. The summed E-state index contributed by atoms with van der Waals surface area (Å²) in [5.74, 6) is 0. The summed E-state index contributed by atoms with van der Waals surface area (Å²) in [7, 11) is 1.72. The molecule has 0 saturated carbocycles. The molecule has 0 aliphatic heterocycles. The molecule has 0 spiro atoms. The summed E-state index contributed by atoms with van der Waals surface area (Å²) in [6.45, 7) is 8.12. The molecule has 0 aromatic heterocycles. The molecule has 1 aromatic carbocycles. The topological polar surface area (TPSA) is 21.3 Å². The minimum Gasteiger partial charge on any atom is -0.385 e. The Balaban J connectivity index is 2.68. The van der Waals surface area contributed by atoms with Gasteiger partial charge in [-0.15, -0.1) is 0 Å². The van der Waals surface area contributed by atoms with Crippen LogP contribution in [0.1, 0.15) is 38.8 Å². The number of ether oxygens (including phenoxy) is 1. The lowest BCUT2D eigenvalue weighted by Gasteiger charge is -2.27. The van der Waals surface area contributed by atoms with Crippen molar-refractivity contribution in [3.8, 4) is 0 Å². The van der Waals surface area contributed by atoms with Gasteiger partial charge in [0.2, 0.25) is 0 Å². The molecule has 2 nitrogen and oxygen atoms in total. The number of nitrogens with one attached hydrogen (secondary N) is 1. The fourth-order valence-electron chi connectivity index (χ4n) is 1.88. The first-order valence-corrected chi connectivity index (χ1v) is 7.77. The molecule has 0 amide bonds. The van der Waals surface area contributed by atoms with Gasteiger partial charge in [-0.3, -0.25) is 0 Å². The second kappa shape index (κ2) is 7.86. The molecule has 1 aromatic rings. The normalized spacial score (nSPS) is 13.6. The summed E-state index contributed by atoms with van der Waals surface area (Å²) in [6.07, 6.45) is 0.998. The van der Waals surface area contributed by atoms with Crippen molar-refractivity contribution in [3.63, 3.8) is 0 Å². The van der Waals surface area contributed by atoms with Crippen molar-refractivity contribution >= 4 is 34.8 Å². The molecule has 114 valence electrons. The van der Waals surface area contributed by atoms with Gasteiger partial charge >= 0.3 is 0 Å². The van der Waals surface area contributed by atoms with Crippen molar-refractivity contribution in [2.75, 3.05) is 20.3 Å². The average Bonchev–Trinajstić information content (AvgIpc) is 2.40. The van der Waals surface area contributed by atoms with E-state index in [2.05, 4.69) is 26.1 Å². The van der Waals surface area contributed by atoms with Crippen LogP contribution in [-0.4, -0.2) is 20.3 Å². The van der Waals surface area contributed by atoms with Crippen LogP contribution in [0.5, 0.6) is 0 Å². The summed E-state index contributed by atoms with van der Waals surface area (Å²) in [5, 5.41) is 4.91. The van der Waals surface area contributed by atoms with Gasteiger partial charge in [-0.2, -0.15) is 0 Å². The maximum absolute atomic E-state index is 6.25. The maximum atomic E-state index is 6.25. The smallest absolute Gasteiger partial charge is 0.0781 e. The first-order valence-electron chi connectivity index (χ1n) is 6.64. The summed E-state index contributed by atoms with van der Waals surface area (Å²) >= 11 is 18.3. The van der Waals surface area contributed by atoms with Crippen LogP contribution in [0.3, 0.4) is 0 Å². The van der Waals surface area contributed by atoms with Crippen molar-refractivity contribution in [3.05, 3.63) is 32.8 Å². The molecule has 5 heteroatoms. The highest BCUT2D eigenvalue weighted by Gasteiger charge is 2.20. The van der Waals surface area contributed by atoms with E-state index in [-0.39, 0.29) is 11.5 Å². The van der Waals surface area contributed by atoms with Gasteiger partial charge < -0.3 is 10.1 Å². The van der Waals surface area contributed by atoms with Crippen molar-refractivity contribution in [1.82, 2.24) is 5.32 Å². The van der Waals surface area contributed by atoms with Crippen LogP contribution < -0.4 is 5.32 Å². The zero-order valence-corrected chi connectivity index (χ0v) is 14.7. The number of hydrogen-bond donors (Lipinski definition) is 1. The summed E-state index contributed by atoms with van der Waals surface area (Å²) in [6, 6.07) is 3.80. The van der Waals surface area contributed by atoms with Gasteiger partial charge in [-0.05, 0) is 30.4 Å². The molecule has 0 aliphatic carbocycles. The molecule has 0 fully saturated rings. The van der Waals surface area contributed by atoms with Crippen LogP contribution >= 0.6 is 34.8 Å². The minimum atomic E-state index is 0.110. The highest BCUT2D eigenvalue weighted by atomic mass is 35.5. The Bertz CT molecular complexity index is 449. The molecule has 1 N–H and O–H groups in total. The SMILES string of the molecule is COCCC(C)(C)CNC(C)c1ccc(Cl)c(Cl)c1Cl. The third-order valence-electron chi connectivity index (χ3n) is 3.40. The molecule has 1 unspecified atom stereocenters. The van der Waals surface area contributed by atoms with Crippen molar-refractivity contribution in [1.29, 1.82) is 0 Å². The van der Waals surface area contributed by atoms with E-state index in [9.17, 15) is 0 Å². The summed E-state index contributed by atoms with van der Waals surface area (Å²) in [4.78, 5) is 0. The standard InChI is InChI=1S/C15H22Cl3NO/c1-10(19-9-15(2,3)7-8-20-4)11-5-6-12(16)14(18)13(11)17/h5-6,10,19H,7-9H2,1-4H3. The van der Waals surface area contributed by atoms with Crippen molar-refractivity contribution in [2.45, 2.75) is 33.2 Å². The van der Waals surface area contributed by atoms with Gasteiger partial charge in [-0.25, -0.2) is 0 Å². The van der Waals surface area contributed by atoms with E-state index in [0.29, 0.717) is 15.1 Å². The van der Waals surface area contributed by atoms with Gasteiger partial charge in [0.05, 0.1) is 15.1 Å². The predicted molar refractivity (Wildman–Crippen MR) is 88.2 cm³/mol. The zero-order valence-electron chi connectivity index (χ0n) is 12.4. The lowest BCUT2D eigenvalue weighted by Crippen LogP contribution is -2.32. The number of halogens is 3. The second-order valence-corrected chi connectivity index (χ2v) is 6.94. The van der Waals surface area contributed by atoms with E-state index in [1.54, 1.807) is 13.2 Å². The fourth-order valence-corrected chi connectivity index (χ4v) is 2.59. The summed E-state index contributed by atoms with van der Waals surface area (Å²) < 4.78 is 5.14. The van der Waals surface area contributed by atoms with Gasteiger partial charge in [-0.1, -0.05) is 54.7 Å². The molecule has 20 heavy (non-hydrogen) atoms. The average molecular weight is 339 g/mol. The lowest BCUT2D eigenvalue weighted by molar-refractivity contribution is 0.149. The highest BCUT2D eigenvalue weighted by molar-refractivity contribution is 6.48. The number of benzene rings is 1. The van der Waals surface area contributed by atoms with E-state index in [4.69, 9.17) is 39.5 Å². The number of methoxy groups -OCH3 is 1. The third-order valence-corrected chi connectivity index (χ3v) is 4.71. The Morgan fingerprint density at radius 1 is 1.20 bits per heavy atom. The van der Waals surface area contributed by atoms with Crippen LogP contribution in [0.2, 0.25) is 15.1 Å². The van der Waals surface area contributed by atoms with E-state index in [1.807, 2.05) is 6.07 Å². The maximum Gasteiger partial charge on any atom is 0.0781 e. The Morgan fingerprint density at radius 3 is 2.45 bits per heavy atom. The molecule has 1 atom stereocenters. The third kappa shape index (κ3) is 5.09. The Morgan fingerprint density at radius 2 is 1.85 bits per heavy atom. The summed E-state index contributed by atoms with van der Waals surface area (Å²) in [5.41, 5.74) is 1.12. The van der Waals surface area contributed by atoms with Crippen LogP contribution in [0, 0.1) is 5.41 Å². The number of hydrogen-bond acceptors (Lipinski definition) is 2. The Kier molecular flexibility index (Phi) is 7.10. The van der Waals surface area contributed by atoms with Gasteiger partial charge in [0.15, 0.2) is 0 Å². The van der Waals surface area contributed by atoms with Crippen LogP contribution in [0.4, 0.5) is 0 Å². The van der Waals surface area contributed by atoms with Gasteiger partial charge in [0.1, 0.15) is 0 Å². The lowest BCUT2D eigenvalue weighted by atomic mass is 9.89. The van der Waals surface area contributed by atoms with E-state index < -0.39 is 0 Å². The number of rotatable bonds is 7. The Hall–Kier alpha value is 0.01000. The highest BCUT2D eigenvalue weighted by Crippen LogP contribution is 2.35. The largest absolute Gasteiger partial charge is 0.385 e. The first kappa shape index (κ1) is 18.1. The van der Waals surface area contributed by atoms with Gasteiger partial charge in [0, 0.05) is 26.3 Å². The molecule has 0 aliphatic rings. The fraction of sp³-hybridized carbons (Fsp3) is 0.600. The van der Waals surface area contributed by atoms with Crippen molar-refractivity contribution < 1.29 is 4.74 Å². The minimum absolute atomic E-state index is 0.110. The van der Waals surface area contributed by atoms with E-state index in [1.165, 1.54) is 0 Å². The van der Waals surface area contributed by atoms with Crippen LogP contribution in [0.15, 0.2) is 12.1 Å². The quantitative estimate of drug-likeness (QED) is 0.676. The molecular weight excluding hydrogens is 317 g/mol. The molecule has 0 bridgehead atoms. The van der Waals surface area contributed by atoms with Gasteiger partial charge in [0.25, 0.3) is 0 Å². The molecule has 0 saturated heterocycles. The van der Waals surface area contributed by atoms with Crippen LogP contribution in [0.25, 0.3) is 0 Å². The Labute approximate surface area is 136 Å². The van der Waals surface area contributed by atoms with E-state index in [0.717, 1.165) is 25.1 Å².